The molecule has 0 saturated carbocycles. The van der Waals surface area contributed by atoms with Crippen molar-refractivity contribution in [2.45, 2.75) is 44.6 Å². The minimum Gasteiger partial charge on any atom is -0.497 e. The molecule has 0 aromatic heterocycles. The molecule has 7 nitrogen and oxygen atoms in total. The van der Waals surface area contributed by atoms with Crippen LogP contribution in [-0.2, 0) is 14.8 Å². The first kappa shape index (κ1) is 22.5. The molecule has 8 heteroatoms. The number of sulfonamides is 1. The molecule has 0 unspecified atom stereocenters. The molecule has 0 saturated heterocycles. The van der Waals surface area contributed by atoms with Crippen LogP contribution in [0.15, 0.2) is 47.4 Å². The molecule has 0 amide bonds. The van der Waals surface area contributed by atoms with E-state index in [0.29, 0.717) is 23.7 Å². The number of hydrogen-bond donors (Lipinski definition) is 2. The van der Waals surface area contributed by atoms with Crippen LogP contribution in [0.5, 0.6) is 5.75 Å². The van der Waals surface area contributed by atoms with E-state index in [-0.39, 0.29) is 16.6 Å². The van der Waals surface area contributed by atoms with Gasteiger partial charge in [-0.3, -0.25) is 4.72 Å². The number of rotatable bonds is 10. The van der Waals surface area contributed by atoms with Crippen molar-refractivity contribution in [1.29, 1.82) is 0 Å². The Balaban J connectivity index is 2.38. The molecule has 158 valence electrons. The van der Waals surface area contributed by atoms with E-state index in [1.807, 2.05) is 0 Å². The number of hydrogen-bond acceptors (Lipinski definition) is 6. The van der Waals surface area contributed by atoms with Crippen LogP contribution in [0, 0.1) is 0 Å². The van der Waals surface area contributed by atoms with E-state index in [1.54, 1.807) is 50.2 Å². The number of anilines is 2. The third-order valence-corrected chi connectivity index (χ3v) is 5.46. The van der Waals surface area contributed by atoms with Gasteiger partial charge in [0.15, 0.2) is 0 Å². The molecule has 0 heterocycles. The molecule has 0 bridgehead atoms. The summed E-state index contributed by atoms with van der Waals surface area (Å²) < 4.78 is 39.0. The van der Waals surface area contributed by atoms with Crippen LogP contribution in [0.2, 0.25) is 0 Å². The van der Waals surface area contributed by atoms with Crippen molar-refractivity contribution in [3.05, 3.63) is 48.0 Å². The average molecular weight is 421 g/mol. The maximum atomic E-state index is 13.1. The van der Waals surface area contributed by atoms with Crippen LogP contribution in [0.4, 0.5) is 11.4 Å². The van der Waals surface area contributed by atoms with Crippen LogP contribution in [0.3, 0.4) is 0 Å². The second-order valence-electron chi connectivity index (χ2n) is 6.78. The normalized spacial score (nSPS) is 11.2. The number of methoxy groups -OCH3 is 1. The second-order valence-corrected chi connectivity index (χ2v) is 8.43. The molecule has 2 aromatic rings. The topological polar surface area (TPSA) is 93.7 Å². The van der Waals surface area contributed by atoms with Crippen LogP contribution in [-0.4, -0.2) is 34.1 Å². The summed E-state index contributed by atoms with van der Waals surface area (Å²) in [5.74, 6) is 0.0503. The molecule has 0 aliphatic heterocycles. The van der Waals surface area contributed by atoms with E-state index in [4.69, 9.17) is 9.47 Å². The van der Waals surface area contributed by atoms with Crippen LogP contribution >= 0.6 is 0 Å². The molecule has 2 N–H and O–H groups in total. The number of carbonyl (C=O) groups is 1. The van der Waals surface area contributed by atoms with Crippen molar-refractivity contribution in [2.75, 3.05) is 23.7 Å². The summed E-state index contributed by atoms with van der Waals surface area (Å²) in [7, 11) is -2.41. The summed E-state index contributed by atoms with van der Waals surface area (Å²) in [4.78, 5) is 12.3. The number of benzene rings is 2. The van der Waals surface area contributed by atoms with Gasteiger partial charge in [-0.05, 0) is 62.7 Å². The number of esters is 1. The number of unbranched alkanes of at least 4 members (excludes halogenated alkanes) is 1. The van der Waals surface area contributed by atoms with Crippen molar-refractivity contribution in [2.24, 2.45) is 0 Å². The summed E-state index contributed by atoms with van der Waals surface area (Å²) in [6, 6.07) is 11.0. The maximum Gasteiger partial charge on any atom is 0.338 e. The fraction of sp³-hybridized carbons (Fsp3) is 0.381. The van der Waals surface area contributed by atoms with E-state index < -0.39 is 16.0 Å². The summed E-state index contributed by atoms with van der Waals surface area (Å²) >= 11 is 0. The number of ether oxygens (including phenoxy) is 2. The van der Waals surface area contributed by atoms with E-state index in [2.05, 4.69) is 17.0 Å². The Labute approximate surface area is 172 Å². The lowest BCUT2D eigenvalue weighted by Gasteiger charge is -2.16. The Morgan fingerprint density at radius 1 is 1.10 bits per heavy atom. The van der Waals surface area contributed by atoms with Gasteiger partial charge in [0, 0.05) is 12.2 Å². The average Bonchev–Trinajstić information content (AvgIpc) is 2.68. The van der Waals surface area contributed by atoms with Crippen LogP contribution < -0.4 is 14.8 Å². The zero-order valence-corrected chi connectivity index (χ0v) is 18.0. The van der Waals surface area contributed by atoms with E-state index in [1.165, 1.54) is 13.2 Å². The van der Waals surface area contributed by atoms with Crippen molar-refractivity contribution >= 4 is 27.4 Å². The van der Waals surface area contributed by atoms with E-state index >= 15 is 0 Å². The highest BCUT2D eigenvalue weighted by atomic mass is 32.2. The number of carbonyl (C=O) groups excluding carboxylic acids is 1. The molecule has 0 atom stereocenters. The van der Waals surface area contributed by atoms with Gasteiger partial charge in [0.1, 0.15) is 10.6 Å². The lowest BCUT2D eigenvalue weighted by Crippen LogP contribution is -2.18. The van der Waals surface area contributed by atoms with E-state index in [0.717, 1.165) is 12.8 Å². The number of nitrogens with one attached hydrogen (secondary N) is 2. The summed E-state index contributed by atoms with van der Waals surface area (Å²) in [6.07, 6.45) is 1.56. The molecule has 0 radical (unpaired) electrons. The Kier molecular flexibility index (Phi) is 7.90. The van der Waals surface area contributed by atoms with Crippen molar-refractivity contribution in [3.63, 3.8) is 0 Å². The smallest absolute Gasteiger partial charge is 0.338 e. The molecule has 0 fully saturated rings. The van der Waals surface area contributed by atoms with Gasteiger partial charge < -0.3 is 14.8 Å². The highest BCUT2D eigenvalue weighted by Crippen LogP contribution is 2.27. The summed E-state index contributed by atoms with van der Waals surface area (Å²) in [5, 5.41) is 3.14. The van der Waals surface area contributed by atoms with E-state index in [9.17, 15) is 13.2 Å². The molecular formula is C21H28N2O5S. The Bertz CT molecular complexity index is 925. The Morgan fingerprint density at radius 3 is 2.38 bits per heavy atom. The highest BCUT2D eigenvalue weighted by molar-refractivity contribution is 7.92. The Morgan fingerprint density at radius 2 is 1.79 bits per heavy atom. The van der Waals surface area contributed by atoms with Crippen molar-refractivity contribution < 1.29 is 22.7 Å². The van der Waals surface area contributed by atoms with Crippen molar-refractivity contribution in [1.82, 2.24) is 0 Å². The van der Waals surface area contributed by atoms with Gasteiger partial charge in [0.2, 0.25) is 0 Å². The van der Waals surface area contributed by atoms with Crippen molar-refractivity contribution in [3.8, 4) is 5.75 Å². The van der Waals surface area contributed by atoms with Crippen LogP contribution in [0.25, 0.3) is 0 Å². The summed E-state index contributed by atoms with van der Waals surface area (Å²) in [6.45, 7) is 6.15. The maximum absolute atomic E-state index is 13.1. The SMILES string of the molecule is CCCCNc1ccc(C(=O)OC(C)C)cc1S(=O)(=O)Nc1ccc(OC)cc1. The lowest BCUT2D eigenvalue weighted by molar-refractivity contribution is 0.0377. The van der Waals surface area contributed by atoms with Gasteiger partial charge in [-0.2, -0.15) is 0 Å². The monoisotopic (exact) mass is 420 g/mol. The largest absolute Gasteiger partial charge is 0.497 e. The molecular weight excluding hydrogens is 392 g/mol. The standard InChI is InChI=1S/C21H28N2O5S/c1-5-6-13-22-19-12-7-16(21(24)28-15(2)3)14-20(19)29(25,26)23-17-8-10-18(27-4)11-9-17/h7-12,14-15,22-23H,5-6,13H2,1-4H3. The highest BCUT2D eigenvalue weighted by Gasteiger charge is 2.22. The van der Waals surface area contributed by atoms with Crippen LogP contribution in [0.1, 0.15) is 44.0 Å². The zero-order valence-electron chi connectivity index (χ0n) is 17.2. The molecule has 2 aromatic carbocycles. The first-order valence-electron chi connectivity index (χ1n) is 9.52. The van der Waals surface area contributed by atoms with Gasteiger partial charge in [-0.15, -0.1) is 0 Å². The first-order chi connectivity index (χ1) is 13.8. The first-order valence-corrected chi connectivity index (χ1v) is 11.0. The predicted octanol–water partition coefficient (Wildman–Crippen LogP) is 4.27. The Hall–Kier alpha value is -2.74. The predicted molar refractivity (Wildman–Crippen MR) is 114 cm³/mol. The molecule has 0 spiro atoms. The minimum atomic E-state index is -3.95. The molecule has 29 heavy (non-hydrogen) atoms. The summed E-state index contributed by atoms with van der Waals surface area (Å²) in [5.41, 5.74) is 0.996. The van der Waals surface area contributed by atoms with Gasteiger partial charge >= 0.3 is 5.97 Å². The third kappa shape index (κ3) is 6.39. The molecule has 2 rings (SSSR count). The fourth-order valence-corrected chi connectivity index (χ4v) is 3.84. The third-order valence-electron chi connectivity index (χ3n) is 4.04. The van der Waals surface area contributed by atoms with Gasteiger partial charge in [0.25, 0.3) is 10.0 Å². The zero-order chi connectivity index (χ0) is 21.4. The fourth-order valence-electron chi connectivity index (χ4n) is 2.57. The quantitative estimate of drug-likeness (QED) is 0.440. The van der Waals surface area contributed by atoms with Gasteiger partial charge in [-0.25, -0.2) is 13.2 Å². The minimum absolute atomic E-state index is 0.0115. The van der Waals surface area contributed by atoms with Gasteiger partial charge in [-0.1, -0.05) is 13.3 Å². The molecule has 0 aliphatic rings. The van der Waals surface area contributed by atoms with Gasteiger partial charge in [0.05, 0.1) is 24.5 Å². The lowest BCUT2D eigenvalue weighted by atomic mass is 10.2. The molecule has 0 aliphatic carbocycles. The second kappa shape index (κ2) is 10.2.